The Bertz CT molecular complexity index is 219. The van der Waals surface area contributed by atoms with Gasteiger partial charge in [-0.15, -0.1) is 0 Å². The second-order valence-electron chi connectivity index (χ2n) is 7.54. The van der Waals surface area contributed by atoms with Crippen LogP contribution in [0.4, 0.5) is 0 Å². The third kappa shape index (κ3) is 8.14. The van der Waals surface area contributed by atoms with Crippen molar-refractivity contribution < 1.29 is 5.11 Å². The minimum atomic E-state index is -0.901. The summed E-state index contributed by atoms with van der Waals surface area (Å²) in [6.45, 7) is 7.47. The summed E-state index contributed by atoms with van der Waals surface area (Å²) < 4.78 is 0. The van der Waals surface area contributed by atoms with E-state index in [0.29, 0.717) is 0 Å². The molecule has 114 valence electrons. The van der Waals surface area contributed by atoms with E-state index >= 15 is 0 Å². The zero-order valence-corrected chi connectivity index (χ0v) is 14.6. The fourth-order valence-corrected chi connectivity index (χ4v) is 6.08. The van der Waals surface area contributed by atoms with Crippen LogP contribution < -0.4 is 0 Å². The van der Waals surface area contributed by atoms with Gasteiger partial charge >= 0.3 is 0 Å². The van der Waals surface area contributed by atoms with Crippen LogP contribution in [0.1, 0.15) is 71.1 Å². The molecule has 1 fully saturated rings. The molecule has 0 bridgehead atoms. The smallest absolute Gasteiger partial charge is 0.0540 e. The van der Waals surface area contributed by atoms with E-state index in [1.165, 1.54) is 63.5 Å². The molecule has 0 heterocycles. The SMILES string of the molecule is CCCCCC[Si](C)(C)CCCC1CCC(O)CC1. The molecule has 0 radical (unpaired) electrons. The summed E-state index contributed by atoms with van der Waals surface area (Å²) in [5.74, 6) is 0.924. The maximum absolute atomic E-state index is 9.53. The van der Waals surface area contributed by atoms with Crippen molar-refractivity contribution in [3.8, 4) is 0 Å². The second-order valence-corrected chi connectivity index (χ2v) is 12.9. The summed E-state index contributed by atoms with van der Waals surface area (Å²) in [6, 6.07) is 3.06. The minimum absolute atomic E-state index is 0.0145. The molecule has 1 aliphatic rings. The Balaban J connectivity index is 2.06. The van der Waals surface area contributed by atoms with Gasteiger partial charge in [-0.1, -0.05) is 70.6 Å². The predicted octanol–water partition coefficient (Wildman–Crippen LogP) is 5.61. The van der Waals surface area contributed by atoms with Crippen molar-refractivity contribution in [2.45, 2.75) is 102 Å². The Hall–Kier alpha value is 0.177. The Labute approximate surface area is 122 Å². The third-order valence-electron chi connectivity index (χ3n) is 4.99. The van der Waals surface area contributed by atoms with Crippen molar-refractivity contribution in [1.29, 1.82) is 0 Å². The van der Waals surface area contributed by atoms with Crippen molar-refractivity contribution >= 4 is 8.07 Å². The van der Waals surface area contributed by atoms with E-state index in [1.807, 2.05) is 0 Å². The third-order valence-corrected chi connectivity index (χ3v) is 8.40. The highest BCUT2D eigenvalue weighted by molar-refractivity contribution is 6.77. The molecule has 1 rings (SSSR count). The van der Waals surface area contributed by atoms with Gasteiger partial charge in [0.05, 0.1) is 6.10 Å². The first-order chi connectivity index (χ1) is 9.03. The molecule has 0 aromatic carbocycles. The van der Waals surface area contributed by atoms with Crippen molar-refractivity contribution in [2.75, 3.05) is 0 Å². The second kappa shape index (κ2) is 9.18. The van der Waals surface area contributed by atoms with E-state index in [2.05, 4.69) is 20.0 Å². The van der Waals surface area contributed by atoms with Crippen LogP contribution in [0.15, 0.2) is 0 Å². The summed E-state index contributed by atoms with van der Waals surface area (Å²) >= 11 is 0. The summed E-state index contributed by atoms with van der Waals surface area (Å²) in [6.07, 6.45) is 13.3. The Morgan fingerprint density at radius 3 is 2.16 bits per heavy atom. The van der Waals surface area contributed by atoms with E-state index in [4.69, 9.17) is 0 Å². The van der Waals surface area contributed by atoms with Gasteiger partial charge in [-0.25, -0.2) is 0 Å². The molecule has 0 spiro atoms. The molecule has 0 aliphatic heterocycles. The Kier molecular flexibility index (Phi) is 8.32. The van der Waals surface area contributed by atoms with Gasteiger partial charge in [0.25, 0.3) is 0 Å². The lowest BCUT2D eigenvalue weighted by atomic mass is 9.85. The highest BCUT2D eigenvalue weighted by Gasteiger charge is 2.22. The molecule has 0 amide bonds. The molecule has 1 saturated carbocycles. The molecule has 0 unspecified atom stereocenters. The van der Waals surface area contributed by atoms with Crippen LogP contribution in [0.25, 0.3) is 0 Å². The highest BCUT2D eigenvalue weighted by atomic mass is 28.3. The average molecular weight is 285 g/mol. The number of aliphatic hydroxyl groups is 1. The van der Waals surface area contributed by atoms with Gasteiger partial charge in [-0.2, -0.15) is 0 Å². The van der Waals surface area contributed by atoms with Gasteiger partial charge < -0.3 is 5.11 Å². The molecule has 0 atom stereocenters. The Morgan fingerprint density at radius 1 is 0.895 bits per heavy atom. The first-order valence-corrected chi connectivity index (χ1v) is 12.1. The molecular formula is C17H36OSi. The van der Waals surface area contributed by atoms with Crippen LogP contribution in [0.2, 0.25) is 25.2 Å². The molecule has 19 heavy (non-hydrogen) atoms. The van der Waals surface area contributed by atoms with Crippen LogP contribution in [0.3, 0.4) is 0 Å². The Morgan fingerprint density at radius 2 is 1.53 bits per heavy atom. The van der Waals surface area contributed by atoms with Gasteiger partial charge in [0.1, 0.15) is 0 Å². The maximum Gasteiger partial charge on any atom is 0.0540 e. The van der Waals surface area contributed by atoms with Gasteiger partial charge in [-0.05, 0) is 31.6 Å². The molecule has 1 N–H and O–H groups in total. The van der Waals surface area contributed by atoms with Crippen molar-refractivity contribution in [2.24, 2.45) is 5.92 Å². The number of hydrogen-bond acceptors (Lipinski definition) is 1. The molecule has 2 heteroatoms. The fourth-order valence-electron chi connectivity index (χ4n) is 3.46. The van der Waals surface area contributed by atoms with Gasteiger partial charge in [0, 0.05) is 8.07 Å². The van der Waals surface area contributed by atoms with Crippen LogP contribution in [-0.4, -0.2) is 19.3 Å². The summed E-state index contributed by atoms with van der Waals surface area (Å²) in [4.78, 5) is 0. The van der Waals surface area contributed by atoms with E-state index < -0.39 is 8.07 Å². The number of aliphatic hydroxyl groups excluding tert-OH is 1. The number of rotatable bonds is 9. The quantitative estimate of drug-likeness (QED) is 0.431. The van der Waals surface area contributed by atoms with Crippen LogP contribution in [-0.2, 0) is 0 Å². The summed E-state index contributed by atoms with van der Waals surface area (Å²) in [5.41, 5.74) is 0. The largest absolute Gasteiger partial charge is 0.393 e. The molecule has 1 aliphatic carbocycles. The topological polar surface area (TPSA) is 20.2 Å². The van der Waals surface area contributed by atoms with E-state index in [0.717, 1.165) is 18.8 Å². The minimum Gasteiger partial charge on any atom is -0.393 e. The summed E-state index contributed by atoms with van der Waals surface area (Å²) in [5, 5.41) is 9.53. The standard InChI is InChI=1S/C17H36OSi/c1-4-5-6-7-14-19(2,3)15-8-9-16-10-12-17(18)13-11-16/h16-18H,4-15H2,1-3H3. The van der Waals surface area contributed by atoms with Crippen LogP contribution >= 0.6 is 0 Å². The van der Waals surface area contributed by atoms with Crippen molar-refractivity contribution in [3.63, 3.8) is 0 Å². The lowest BCUT2D eigenvalue weighted by Crippen LogP contribution is -2.25. The van der Waals surface area contributed by atoms with Crippen molar-refractivity contribution in [1.82, 2.24) is 0 Å². The zero-order chi connectivity index (χ0) is 14.1. The normalized spacial score (nSPS) is 24.6. The van der Waals surface area contributed by atoms with Gasteiger partial charge in [0.15, 0.2) is 0 Å². The molecule has 1 nitrogen and oxygen atoms in total. The molecule has 0 aromatic heterocycles. The van der Waals surface area contributed by atoms with Crippen LogP contribution in [0.5, 0.6) is 0 Å². The lowest BCUT2D eigenvalue weighted by Gasteiger charge is -2.27. The lowest BCUT2D eigenvalue weighted by molar-refractivity contribution is 0.106. The monoisotopic (exact) mass is 284 g/mol. The number of hydrogen-bond donors (Lipinski definition) is 1. The van der Waals surface area contributed by atoms with Crippen molar-refractivity contribution in [3.05, 3.63) is 0 Å². The van der Waals surface area contributed by atoms with E-state index in [-0.39, 0.29) is 6.10 Å². The maximum atomic E-state index is 9.53. The van der Waals surface area contributed by atoms with E-state index in [1.54, 1.807) is 0 Å². The fraction of sp³-hybridized carbons (Fsp3) is 1.00. The zero-order valence-electron chi connectivity index (χ0n) is 13.6. The number of unbranched alkanes of at least 4 members (excludes halogenated alkanes) is 3. The van der Waals surface area contributed by atoms with E-state index in [9.17, 15) is 5.11 Å². The molecular weight excluding hydrogens is 248 g/mol. The average Bonchev–Trinajstić information content (AvgIpc) is 2.37. The first-order valence-electron chi connectivity index (χ1n) is 8.71. The summed E-state index contributed by atoms with van der Waals surface area (Å²) in [7, 11) is -0.901. The molecule has 0 saturated heterocycles. The molecule has 0 aromatic rings. The predicted molar refractivity (Wildman–Crippen MR) is 88.4 cm³/mol. The van der Waals surface area contributed by atoms with Gasteiger partial charge in [0.2, 0.25) is 0 Å². The highest BCUT2D eigenvalue weighted by Crippen LogP contribution is 2.30. The van der Waals surface area contributed by atoms with Crippen LogP contribution in [0, 0.1) is 5.92 Å². The van der Waals surface area contributed by atoms with Gasteiger partial charge in [-0.3, -0.25) is 0 Å². The first kappa shape index (κ1) is 17.2.